The van der Waals surface area contributed by atoms with Gasteiger partial charge in [0.05, 0.1) is 12.6 Å². The number of aliphatic hydroxyl groups excluding tert-OH is 1. The van der Waals surface area contributed by atoms with Crippen molar-refractivity contribution in [2.45, 2.75) is 38.8 Å². The quantitative estimate of drug-likeness (QED) is 0.758. The van der Waals surface area contributed by atoms with Gasteiger partial charge in [0.15, 0.2) is 0 Å². The predicted octanol–water partition coefficient (Wildman–Crippen LogP) is 1.16. The second kappa shape index (κ2) is 6.90. The van der Waals surface area contributed by atoms with Crippen molar-refractivity contribution in [2.75, 3.05) is 19.7 Å². The van der Waals surface area contributed by atoms with Crippen LogP contribution in [0.5, 0.6) is 0 Å². The molecule has 0 aromatic carbocycles. The smallest absolute Gasteiger partial charge is 0.268 e. The first-order valence-electron chi connectivity index (χ1n) is 7.42. The van der Waals surface area contributed by atoms with Gasteiger partial charge in [0.25, 0.3) is 5.91 Å². The third-order valence-electron chi connectivity index (χ3n) is 4.03. The first-order valence-corrected chi connectivity index (χ1v) is 7.42. The summed E-state index contributed by atoms with van der Waals surface area (Å²) in [6, 6.07) is 3.96. The molecule has 1 saturated heterocycles. The van der Waals surface area contributed by atoms with E-state index in [0.29, 0.717) is 11.7 Å². The molecule has 0 spiro atoms. The van der Waals surface area contributed by atoms with Crippen molar-refractivity contribution >= 4 is 5.91 Å². The van der Waals surface area contributed by atoms with E-state index >= 15 is 0 Å². The summed E-state index contributed by atoms with van der Waals surface area (Å²) >= 11 is 0. The molecule has 5 nitrogen and oxygen atoms in total. The minimum atomic E-state index is -0.195. The monoisotopic (exact) mass is 279 g/mol. The third-order valence-corrected chi connectivity index (χ3v) is 4.03. The van der Waals surface area contributed by atoms with Crippen molar-refractivity contribution < 1.29 is 9.90 Å². The maximum absolute atomic E-state index is 12.4. The zero-order valence-electron chi connectivity index (χ0n) is 12.3. The molecule has 1 aromatic rings. The van der Waals surface area contributed by atoms with Crippen LogP contribution in [0.1, 0.15) is 43.2 Å². The molecule has 0 bridgehead atoms. The van der Waals surface area contributed by atoms with Gasteiger partial charge in [-0.25, -0.2) is 0 Å². The van der Waals surface area contributed by atoms with Gasteiger partial charge in [-0.15, -0.1) is 0 Å². The van der Waals surface area contributed by atoms with Crippen LogP contribution in [0.25, 0.3) is 0 Å². The standard InChI is InChI=1S/C15H25N3O2/c1-11(2)13(10-19)17-15(20)14-4-3-9-18(14)12-5-7-16-8-6-12/h3-4,9,11-13,16,19H,5-8,10H2,1-2H3,(H,17,20)/t13-/m1/s1. The Morgan fingerprint density at radius 2 is 2.20 bits per heavy atom. The van der Waals surface area contributed by atoms with Crippen LogP contribution in [0.2, 0.25) is 0 Å². The summed E-state index contributed by atoms with van der Waals surface area (Å²) in [6.45, 7) is 5.95. The molecule has 0 aliphatic carbocycles. The number of hydrogen-bond donors (Lipinski definition) is 3. The Morgan fingerprint density at radius 3 is 2.80 bits per heavy atom. The third kappa shape index (κ3) is 3.41. The molecule has 1 aliphatic heterocycles. The lowest BCUT2D eigenvalue weighted by atomic mass is 10.0. The molecule has 2 rings (SSSR count). The summed E-state index contributed by atoms with van der Waals surface area (Å²) in [5.41, 5.74) is 0.691. The van der Waals surface area contributed by atoms with Crippen LogP contribution in [0, 0.1) is 5.92 Å². The van der Waals surface area contributed by atoms with Gasteiger partial charge in [-0.3, -0.25) is 4.79 Å². The molecule has 20 heavy (non-hydrogen) atoms. The number of piperidine rings is 1. The van der Waals surface area contributed by atoms with Crippen LogP contribution in [0.3, 0.4) is 0 Å². The van der Waals surface area contributed by atoms with Crippen LogP contribution in [-0.4, -0.2) is 41.3 Å². The predicted molar refractivity (Wildman–Crippen MR) is 78.8 cm³/mol. The highest BCUT2D eigenvalue weighted by Crippen LogP contribution is 2.21. The molecule has 5 heteroatoms. The number of hydrogen-bond acceptors (Lipinski definition) is 3. The highest BCUT2D eigenvalue weighted by molar-refractivity contribution is 5.93. The molecule has 1 aromatic heterocycles. The molecule has 2 heterocycles. The fourth-order valence-corrected chi connectivity index (χ4v) is 2.65. The normalized spacial score (nSPS) is 18.2. The Bertz CT molecular complexity index is 436. The number of carbonyl (C=O) groups excluding carboxylic acids is 1. The lowest BCUT2D eigenvalue weighted by Gasteiger charge is -2.27. The van der Waals surface area contributed by atoms with Crippen LogP contribution >= 0.6 is 0 Å². The minimum absolute atomic E-state index is 0.0303. The van der Waals surface area contributed by atoms with Crippen molar-refractivity contribution in [3.63, 3.8) is 0 Å². The van der Waals surface area contributed by atoms with E-state index in [-0.39, 0.29) is 24.5 Å². The van der Waals surface area contributed by atoms with Crippen LogP contribution in [0.4, 0.5) is 0 Å². The van der Waals surface area contributed by atoms with Crippen molar-refractivity contribution in [2.24, 2.45) is 5.92 Å². The van der Waals surface area contributed by atoms with Crippen LogP contribution in [-0.2, 0) is 0 Å². The van der Waals surface area contributed by atoms with E-state index in [2.05, 4.69) is 15.2 Å². The van der Waals surface area contributed by atoms with Gasteiger partial charge < -0.3 is 20.3 Å². The highest BCUT2D eigenvalue weighted by atomic mass is 16.3. The average molecular weight is 279 g/mol. The number of rotatable bonds is 5. The maximum Gasteiger partial charge on any atom is 0.268 e. The second-order valence-electron chi connectivity index (χ2n) is 5.79. The van der Waals surface area contributed by atoms with Gasteiger partial charge in [0.1, 0.15) is 5.69 Å². The van der Waals surface area contributed by atoms with E-state index in [1.54, 1.807) is 0 Å². The fraction of sp³-hybridized carbons (Fsp3) is 0.667. The zero-order valence-corrected chi connectivity index (χ0v) is 12.3. The summed E-state index contributed by atoms with van der Waals surface area (Å²) in [5.74, 6) is 0.118. The minimum Gasteiger partial charge on any atom is -0.394 e. The molecule has 1 fully saturated rings. The fourth-order valence-electron chi connectivity index (χ4n) is 2.65. The first kappa shape index (κ1) is 15.1. The van der Waals surface area contributed by atoms with Crippen molar-refractivity contribution in [3.05, 3.63) is 24.0 Å². The zero-order chi connectivity index (χ0) is 14.5. The van der Waals surface area contributed by atoms with E-state index in [9.17, 15) is 9.90 Å². The Morgan fingerprint density at radius 1 is 1.50 bits per heavy atom. The summed E-state index contributed by atoms with van der Waals surface area (Å²) in [6.07, 6.45) is 4.07. The van der Waals surface area contributed by atoms with E-state index in [4.69, 9.17) is 0 Å². The molecule has 1 aliphatic rings. The van der Waals surface area contributed by atoms with Gasteiger partial charge in [-0.05, 0) is 44.0 Å². The van der Waals surface area contributed by atoms with Gasteiger partial charge >= 0.3 is 0 Å². The summed E-state index contributed by atoms with van der Waals surface area (Å²) in [7, 11) is 0. The van der Waals surface area contributed by atoms with Crippen LogP contribution < -0.4 is 10.6 Å². The van der Waals surface area contributed by atoms with Gasteiger partial charge in [-0.2, -0.15) is 0 Å². The van der Waals surface area contributed by atoms with E-state index in [0.717, 1.165) is 25.9 Å². The number of amides is 1. The number of aliphatic hydroxyl groups is 1. The Hall–Kier alpha value is -1.33. The molecule has 1 amide bonds. The lowest BCUT2D eigenvalue weighted by Crippen LogP contribution is -2.42. The number of aromatic nitrogens is 1. The SMILES string of the molecule is CC(C)[C@@H](CO)NC(=O)c1cccn1C1CCNCC1. The van der Waals surface area contributed by atoms with Crippen LogP contribution in [0.15, 0.2) is 18.3 Å². The molecule has 0 unspecified atom stereocenters. The van der Waals surface area contributed by atoms with Gasteiger partial charge in [-0.1, -0.05) is 13.8 Å². The van der Waals surface area contributed by atoms with Crippen molar-refractivity contribution in [1.82, 2.24) is 15.2 Å². The molecule has 3 N–H and O–H groups in total. The van der Waals surface area contributed by atoms with Gasteiger partial charge in [0.2, 0.25) is 0 Å². The molecular formula is C15H25N3O2. The van der Waals surface area contributed by atoms with Gasteiger partial charge in [0, 0.05) is 12.2 Å². The van der Waals surface area contributed by atoms with E-state index in [1.165, 1.54) is 0 Å². The molecule has 0 saturated carbocycles. The van der Waals surface area contributed by atoms with E-state index < -0.39 is 0 Å². The number of nitrogens with zero attached hydrogens (tertiary/aromatic N) is 1. The largest absolute Gasteiger partial charge is 0.394 e. The average Bonchev–Trinajstić information content (AvgIpc) is 2.94. The Labute approximate surface area is 120 Å². The second-order valence-corrected chi connectivity index (χ2v) is 5.79. The summed E-state index contributed by atoms with van der Waals surface area (Å²) in [4.78, 5) is 12.4. The first-order chi connectivity index (χ1) is 9.63. The molecular weight excluding hydrogens is 254 g/mol. The highest BCUT2D eigenvalue weighted by Gasteiger charge is 2.22. The Kier molecular flexibility index (Phi) is 5.20. The molecule has 1 atom stereocenters. The maximum atomic E-state index is 12.4. The van der Waals surface area contributed by atoms with Crippen molar-refractivity contribution in [3.8, 4) is 0 Å². The number of carbonyl (C=O) groups is 1. The summed E-state index contributed by atoms with van der Waals surface area (Å²) in [5, 5.41) is 15.6. The molecule has 112 valence electrons. The topological polar surface area (TPSA) is 66.3 Å². The lowest BCUT2D eigenvalue weighted by molar-refractivity contribution is 0.0884. The summed E-state index contributed by atoms with van der Waals surface area (Å²) < 4.78 is 2.07. The number of nitrogens with one attached hydrogen (secondary N) is 2. The van der Waals surface area contributed by atoms with E-state index in [1.807, 2.05) is 32.2 Å². The van der Waals surface area contributed by atoms with Crippen molar-refractivity contribution in [1.29, 1.82) is 0 Å². The molecule has 0 radical (unpaired) electrons. The Balaban J connectivity index is 2.08.